The number of halogens is 2. The largest absolute Gasteiger partial charge is 0.496 e. The smallest absolute Gasteiger partial charge is 0.321 e. The fourth-order valence-electron chi connectivity index (χ4n) is 3.41. The number of ether oxygens (including phenoxy) is 2. The van der Waals surface area contributed by atoms with Gasteiger partial charge in [-0.05, 0) is 49.2 Å². The van der Waals surface area contributed by atoms with Crippen molar-refractivity contribution < 1.29 is 23.5 Å². The van der Waals surface area contributed by atoms with Crippen LogP contribution >= 0.6 is 11.6 Å². The maximum atomic E-state index is 13.6. The van der Waals surface area contributed by atoms with Crippen molar-refractivity contribution in [1.29, 1.82) is 0 Å². The van der Waals surface area contributed by atoms with Crippen LogP contribution in [0.3, 0.4) is 0 Å². The zero-order chi connectivity index (χ0) is 21.0. The third-order valence-electron chi connectivity index (χ3n) is 4.91. The third kappa shape index (κ3) is 4.79. The van der Waals surface area contributed by atoms with E-state index in [-0.39, 0.29) is 23.9 Å². The molecule has 1 aliphatic rings. The Labute approximate surface area is 173 Å². The highest BCUT2D eigenvalue weighted by Gasteiger charge is 2.30. The van der Waals surface area contributed by atoms with Crippen LogP contribution in [0.1, 0.15) is 23.2 Å². The molecule has 6 nitrogen and oxygen atoms in total. The molecule has 1 atom stereocenters. The van der Waals surface area contributed by atoms with Crippen LogP contribution in [0.5, 0.6) is 11.5 Å². The molecular formula is C21H22ClFN2O4. The van der Waals surface area contributed by atoms with E-state index in [4.69, 9.17) is 21.1 Å². The van der Waals surface area contributed by atoms with E-state index in [0.717, 1.165) is 0 Å². The van der Waals surface area contributed by atoms with Gasteiger partial charge in [0.25, 0.3) is 0 Å². The Hall–Kier alpha value is -2.80. The minimum atomic E-state index is -0.504. The molecule has 0 radical (unpaired) electrons. The average Bonchev–Trinajstić information content (AvgIpc) is 2.73. The molecular weight excluding hydrogens is 399 g/mol. The van der Waals surface area contributed by atoms with Gasteiger partial charge in [0.2, 0.25) is 0 Å². The number of ketones is 1. The van der Waals surface area contributed by atoms with Crippen molar-refractivity contribution in [2.75, 3.05) is 32.6 Å². The lowest BCUT2D eigenvalue weighted by Gasteiger charge is -2.32. The number of amides is 2. The van der Waals surface area contributed by atoms with E-state index in [1.807, 2.05) is 0 Å². The third-order valence-corrected chi connectivity index (χ3v) is 5.20. The number of hydrogen-bond donors (Lipinski definition) is 1. The van der Waals surface area contributed by atoms with E-state index in [1.54, 1.807) is 23.1 Å². The summed E-state index contributed by atoms with van der Waals surface area (Å²) in [7, 11) is 2.95. The summed E-state index contributed by atoms with van der Waals surface area (Å²) < 4.78 is 23.9. The Kier molecular flexibility index (Phi) is 6.59. The van der Waals surface area contributed by atoms with Crippen LogP contribution in [0.4, 0.5) is 14.9 Å². The first-order chi connectivity index (χ1) is 13.9. The Bertz CT molecular complexity index is 922. The average molecular weight is 421 g/mol. The minimum Gasteiger partial charge on any atom is -0.496 e. The molecule has 1 heterocycles. The molecule has 1 fully saturated rings. The second kappa shape index (κ2) is 9.13. The van der Waals surface area contributed by atoms with Crippen molar-refractivity contribution >= 4 is 29.1 Å². The van der Waals surface area contributed by atoms with Crippen molar-refractivity contribution in [2.45, 2.75) is 12.8 Å². The predicted molar refractivity (Wildman–Crippen MR) is 109 cm³/mol. The topological polar surface area (TPSA) is 67.9 Å². The van der Waals surface area contributed by atoms with Gasteiger partial charge in [-0.25, -0.2) is 9.18 Å². The summed E-state index contributed by atoms with van der Waals surface area (Å²) in [6.45, 7) is 0.772. The van der Waals surface area contributed by atoms with Gasteiger partial charge in [0.1, 0.15) is 17.3 Å². The summed E-state index contributed by atoms with van der Waals surface area (Å²) in [6, 6.07) is 8.49. The Balaban J connectivity index is 1.70. The number of hydrogen-bond acceptors (Lipinski definition) is 4. The molecule has 0 bridgehead atoms. The van der Waals surface area contributed by atoms with Crippen LogP contribution < -0.4 is 14.8 Å². The van der Waals surface area contributed by atoms with E-state index in [1.165, 1.54) is 32.4 Å². The van der Waals surface area contributed by atoms with E-state index >= 15 is 0 Å². The van der Waals surface area contributed by atoms with Crippen molar-refractivity contribution in [1.82, 2.24) is 4.90 Å². The highest BCUT2D eigenvalue weighted by atomic mass is 35.5. The van der Waals surface area contributed by atoms with Crippen molar-refractivity contribution in [3.63, 3.8) is 0 Å². The molecule has 1 unspecified atom stereocenters. The van der Waals surface area contributed by atoms with Gasteiger partial charge in [0.05, 0.1) is 24.8 Å². The number of Topliss-reactive ketones (excluding diaryl/α,β-unsaturated/α-hetero) is 1. The quantitative estimate of drug-likeness (QED) is 0.716. The van der Waals surface area contributed by atoms with Gasteiger partial charge >= 0.3 is 6.03 Å². The second-order valence-electron chi connectivity index (χ2n) is 6.77. The Morgan fingerprint density at radius 1 is 1.14 bits per heavy atom. The van der Waals surface area contributed by atoms with E-state index in [0.29, 0.717) is 41.6 Å². The molecule has 3 rings (SSSR count). The van der Waals surface area contributed by atoms with Crippen LogP contribution in [0, 0.1) is 11.7 Å². The number of benzene rings is 2. The van der Waals surface area contributed by atoms with Crippen molar-refractivity contribution in [3.8, 4) is 11.5 Å². The standard InChI is InChI=1S/C21H22ClFN2O4/c1-28-18-7-5-14(23)10-16(18)20(26)13-4-3-9-25(12-13)21(27)24-15-6-8-19(29-2)17(22)11-15/h5-8,10-11,13H,3-4,9,12H2,1-2H3,(H,24,27). The maximum Gasteiger partial charge on any atom is 0.321 e. The highest BCUT2D eigenvalue weighted by molar-refractivity contribution is 6.32. The molecule has 0 aliphatic carbocycles. The van der Waals surface area contributed by atoms with Gasteiger partial charge in [-0.3, -0.25) is 4.79 Å². The summed E-state index contributed by atoms with van der Waals surface area (Å²) in [5.74, 6) is -0.324. The number of nitrogens with zero attached hydrogens (tertiary/aromatic N) is 1. The predicted octanol–water partition coefficient (Wildman–Crippen LogP) is 4.62. The summed E-state index contributed by atoms with van der Waals surface area (Å²) in [5, 5.41) is 3.17. The van der Waals surface area contributed by atoms with Crippen LogP contribution in [-0.4, -0.2) is 44.0 Å². The van der Waals surface area contributed by atoms with Gasteiger partial charge in [-0.2, -0.15) is 0 Å². The molecule has 1 saturated heterocycles. The summed E-state index contributed by atoms with van der Waals surface area (Å²) in [4.78, 5) is 27.2. The Morgan fingerprint density at radius 3 is 2.55 bits per heavy atom. The first-order valence-electron chi connectivity index (χ1n) is 9.20. The van der Waals surface area contributed by atoms with Crippen LogP contribution in [0.25, 0.3) is 0 Å². The van der Waals surface area contributed by atoms with Gasteiger partial charge in [-0.1, -0.05) is 11.6 Å². The molecule has 29 heavy (non-hydrogen) atoms. The zero-order valence-corrected chi connectivity index (χ0v) is 17.0. The molecule has 0 spiro atoms. The molecule has 8 heteroatoms. The number of carbonyl (C=O) groups excluding carboxylic acids is 2. The summed E-state index contributed by atoms with van der Waals surface area (Å²) in [5.41, 5.74) is 0.725. The molecule has 1 N–H and O–H groups in total. The molecule has 2 amide bonds. The van der Waals surface area contributed by atoms with Gasteiger partial charge in [-0.15, -0.1) is 0 Å². The van der Waals surface area contributed by atoms with Crippen LogP contribution in [0.15, 0.2) is 36.4 Å². The van der Waals surface area contributed by atoms with E-state index in [2.05, 4.69) is 5.32 Å². The number of piperidine rings is 1. The minimum absolute atomic E-state index is 0.196. The molecule has 0 saturated carbocycles. The number of carbonyl (C=O) groups is 2. The molecule has 0 aromatic heterocycles. The molecule has 1 aliphatic heterocycles. The van der Waals surface area contributed by atoms with Gasteiger partial charge in [0.15, 0.2) is 5.78 Å². The van der Waals surface area contributed by atoms with E-state index < -0.39 is 11.7 Å². The van der Waals surface area contributed by atoms with Crippen LogP contribution in [0.2, 0.25) is 5.02 Å². The highest BCUT2D eigenvalue weighted by Crippen LogP contribution is 2.29. The SMILES string of the molecule is COc1ccc(NC(=O)N2CCCC(C(=O)c3cc(F)ccc3OC)C2)cc1Cl. The lowest BCUT2D eigenvalue weighted by Crippen LogP contribution is -2.44. The molecule has 2 aromatic rings. The van der Waals surface area contributed by atoms with Crippen molar-refractivity contribution in [3.05, 3.63) is 52.8 Å². The number of likely N-dealkylation sites (tertiary alicyclic amines) is 1. The van der Waals surface area contributed by atoms with Gasteiger partial charge < -0.3 is 19.7 Å². The second-order valence-corrected chi connectivity index (χ2v) is 7.18. The lowest BCUT2D eigenvalue weighted by atomic mass is 9.89. The van der Waals surface area contributed by atoms with E-state index in [9.17, 15) is 14.0 Å². The first-order valence-corrected chi connectivity index (χ1v) is 9.58. The molecule has 154 valence electrons. The lowest BCUT2D eigenvalue weighted by molar-refractivity contribution is 0.0848. The zero-order valence-electron chi connectivity index (χ0n) is 16.2. The fraction of sp³-hybridized carbons (Fsp3) is 0.333. The first kappa shape index (κ1) is 20.9. The number of methoxy groups -OCH3 is 2. The van der Waals surface area contributed by atoms with Crippen LogP contribution in [-0.2, 0) is 0 Å². The van der Waals surface area contributed by atoms with Crippen molar-refractivity contribution in [2.24, 2.45) is 5.92 Å². The summed E-state index contributed by atoms with van der Waals surface area (Å²) in [6.07, 6.45) is 1.29. The number of urea groups is 1. The summed E-state index contributed by atoms with van der Waals surface area (Å²) >= 11 is 6.10. The number of anilines is 1. The number of nitrogens with one attached hydrogen (secondary N) is 1. The molecule has 2 aromatic carbocycles. The monoisotopic (exact) mass is 420 g/mol. The fourth-order valence-corrected chi connectivity index (χ4v) is 3.67. The number of rotatable bonds is 5. The normalized spacial score (nSPS) is 16.3. The van der Waals surface area contributed by atoms with Gasteiger partial charge in [0, 0.05) is 24.7 Å². The Morgan fingerprint density at radius 2 is 1.86 bits per heavy atom. The maximum absolute atomic E-state index is 13.6.